The van der Waals surface area contributed by atoms with Gasteiger partial charge in [-0.2, -0.15) is 5.10 Å². The summed E-state index contributed by atoms with van der Waals surface area (Å²) in [6.45, 7) is 4.90. The summed E-state index contributed by atoms with van der Waals surface area (Å²) in [5, 5.41) is 8.21. The SMILES string of the molecule is C=CC(=O)N1CCCC(n2nc(-c3ccc(CNC(=O)c4ccc(OC(F)(F)F)cc4)cc3)c3c(N)ncnc32)C1. The van der Waals surface area contributed by atoms with Crippen LogP contribution in [0.15, 0.2) is 67.5 Å². The Morgan fingerprint density at radius 1 is 1.12 bits per heavy atom. The Morgan fingerprint density at radius 3 is 2.54 bits per heavy atom. The van der Waals surface area contributed by atoms with Gasteiger partial charge >= 0.3 is 6.36 Å². The molecule has 1 fully saturated rings. The second-order valence-electron chi connectivity index (χ2n) is 9.49. The van der Waals surface area contributed by atoms with Crippen LogP contribution in [-0.4, -0.2) is 55.9 Å². The predicted molar refractivity (Wildman–Crippen MR) is 145 cm³/mol. The number of carbonyl (C=O) groups is 2. The second kappa shape index (κ2) is 11.3. The number of hydrogen-bond donors (Lipinski definition) is 2. The lowest BCUT2D eigenvalue weighted by Crippen LogP contribution is -2.40. The summed E-state index contributed by atoms with van der Waals surface area (Å²) in [6.07, 6.45) is -0.479. The topological polar surface area (TPSA) is 128 Å². The minimum Gasteiger partial charge on any atom is -0.406 e. The summed E-state index contributed by atoms with van der Waals surface area (Å²) < 4.78 is 42.7. The van der Waals surface area contributed by atoms with Crippen molar-refractivity contribution in [3.05, 3.63) is 78.6 Å². The lowest BCUT2D eigenvalue weighted by atomic mass is 10.1. The summed E-state index contributed by atoms with van der Waals surface area (Å²) in [5.41, 5.74) is 9.17. The fourth-order valence-corrected chi connectivity index (χ4v) is 4.81. The first-order valence-electron chi connectivity index (χ1n) is 12.8. The van der Waals surface area contributed by atoms with Gasteiger partial charge in [0.2, 0.25) is 5.91 Å². The van der Waals surface area contributed by atoms with Crippen LogP contribution in [-0.2, 0) is 11.3 Å². The van der Waals surface area contributed by atoms with Crippen LogP contribution in [0.25, 0.3) is 22.3 Å². The Morgan fingerprint density at radius 2 is 1.85 bits per heavy atom. The molecular formula is C28H26F3N7O3. The number of likely N-dealkylation sites (tertiary alicyclic amines) is 1. The third-order valence-electron chi connectivity index (χ3n) is 6.78. The van der Waals surface area contributed by atoms with Crippen LogP contribution >= 0.6 is 0 Å². The average molecular weight is 566 g/mol. The zero-order valence-electron chi connectivity index (χ0n) is 21.8. The summed E-state index contributed by atoms with van der Waals surface area (Å²) in [6, 6.07) is 11.9. The number of anilines is 1. The van der Waals surface area contributed by atoms with E-state index in [4.69, 9.17) is 10.8 Å². The molecule has 0 aliphatic carbocycles. The van der Waals surface area contributed by atoms with Gasteiger partial charge in [0, 0.05) is 30.8 Å². The van der Waals surface area contributed by atoms with E-state index in [2.05, 4.69) is 26.6 Å². The predicted octanol–water partition coefficient (Wildman–Crippen LogP) is 4.25. The lowest BCUT2D eigenvalue weighted by Gasteiger charge is -2.32. The molecule has 0 spiro atoms. The van der Waals surface area contributed by atoms with Crippen LogP contribution < -0.4 is 15.8 Å². The van der Waals surface area contributed by atoms with Crippen LogP contribution in [0, 0.1) is 0 Å². The number of aromatic nitrogens is 4. The molecule has 0 radical (unpaired) electrons. The monoisotopic (exact) mass is 565 g/mol. The molecule has 10 nitrogen and oxygen atoms in total. The van der Waals surface area contributed by atoms with Gasteiger partial charge in [-0.25, -0.2) is 14.6 Å². The summed E-state index contributed by atoms with van der Waals surface area (Å²) in [5.74, 6) is -0.694. The normalized spacial score (nSPS) is 15.5. The van der Waals surface area contributed by atoms with E-state index in [0.29, 0.717) is 29.8 Å². The van der Waals surface area contributed by atoms with Gasteiger partial charge in [-0.1, -0.05) is 30.8 Å². The van der Waals surface area contributed by atoms with E-state index < -0.39 is 18.0 Å². The highest BCUT2D eigenvalue weighted by atomic mass is 19.4. The molecule has 2 aromatic heterocycles. The van der Waals surface area contributed by atoms with Crippen LogP contribution in [0.1, 0.15) is 34.8 Å². The molecule has 0 saturated carbocycles. The van der Waals surface area contributed by atoms with Gasteiger partial charge in [-0.05, 0) is 48.7 Å². The summed E-state index contributed by atoms with van der Waals surface area (Å²) in [4.78, 5) is 35.0. The third kappa shape index (κ3) is 6.13. The Bertz CT molecular complexity index is 1580. The molecule has 2 aromatic carbocycles. The van der Waals surface area contributed by atoms with Gasteiger partial charge in [0.05, 0.1) is 11.4 Å². The van der Waals surface area contributed by atoms with Gasteiger partial charge in [0.25, 0.3) is 5.91 Å². The van der Waals surface area contributed by atoms with Crippen LogP contribution in [0.5, 0.6) is 5.75 Å². The average Bonchev–Trinajstić information content (AvgIpc) is 3.36. The number of piperidine rings is 1. The van der Waals surface area contributed by atoms with E-state index in [1.165, 1.54) is 24.5 Å². The number of alkyl halides is 3. The number of amides is 2. The molecule has 5 rings (SSSR count). The fourth-order valence-electron chi connectivity index (χ4n) is 4.81. The molecule has 2 amide bonds. The maximum Gasteiger partial charge on any atom is 0.573 e. The molecule has 1 saturated heterocycles. The van der Waals surface area contributed by atoms with Crippen molar-refractivity contribution in [2.75, 3.05) is 18.8 Å². The van der Waals surface area contributed by atoms with Crippen molar-refractivity contribution in [3.8, 4) is 17.0 Å². The van der Waals surface area contributed by atoms with Crippen molar-refractivity contribution in [2.45, 2.75) is 31.8 Å². The second-order valence-corrected chi connectivity index (χ2v) is 9.49. The maximum atomic E-state index is 12.5. The maximum absolute atomic E-state index is 12.5. The molecule has 41 heavy (non-hydrogen) atoms. The van der Waals surface area contributed by atoms with Crippen molar-refractivity contribution >= 4 is 28.7 Å². The van der Waals surface area contributed by atoms with E-state index in [0.717, 1.165) is 36.1 Å². The van der Waals surface area contributed by atoms with Crippen molar-refractivity contribution in [1.29, 1.82) is 0 Å². The number of fused-ring (bicyclic) bond motifs is 1. The van der Waals surface area contributed by atoms with Crippen molar-refractivity contribution in [2.24, 2.45) is 0 Å². The van der Waals surface area contributed by atoms with E-state index in [9.17, 15) is 22.8 Å². The van der Waals surface area contributed by atoms with E-state index >= 15 is 0 Å². The van der Waals surface area contributed by atoms with Gasteiger partial charge in [-0.15, -0.1) is 13.2 Å². The number of nitrogens with zero attached hydrogens (tertiary/aromatic N) is 5. The third-order valence-corrected chi connectivity index (χ3v) is 6.78. The molecule has 3 N–H and O–H groups in total. The highest BCUT2D eigenvalue weighted by Crippen LogP contribution is 2.34. The Balaban J connectivity index is 1.32. The Kier molecular flexibility index (Phi) is 7.60. The number of halogens is 3. The van der Waals surface area contributed by atoms with Crippen LogP contribution in [0.2, 0.25) is 0 Å². The van der Waals surface area contributed by atoms with E-state index in [1.54, 1.807) is 4.90 Å². The Hall–Kier alpha value is -4.94. The molecule has 4 aromatic rings. The number of nitrogens with one attached hydrogen (secondary N) is 1. The highest BCUT2D eigenvalue weighted by Gasteiger charge is 2.31. The molecular weight excluding hydrogens is 539 g/mol. The van der Waals surface area contributed by atoms with Crippen molar-refractivity contribution in [3.63, 3.8) is 0 Å². The number of hydrogen-bond acceptors (Lipinski definition) is 7. The fraction of sp³-hybridized carbons (Fsp3) is 0.250. The zero-order valence-corrected chi connectivity index (χ0v) is 21.8. The first kappa shape index (κ1) is 27.6. The smallest absolute Gasteiger partial charge is 0.406 e. The molecule has 1 aliphatic heterocycles. The summed E-state index contributed by atoms with van der Waals surface area (Å²) >= 11 is 0. The van der Waals surface area contributed by atoms with Gasteiger partial charge < -0.3 is 20.7 Å². The van der Waals surface area contributed by atoms with Crippen molar-refractivity contribution in [1.82, 2.24) is 30.0 Å². The van der Waals surface area contributed by atoms with Gasteiger partial charge in [0.15, 0.2) is 5.65 Å². The highest BCUT2D eigenvalue weighted by molar-refractivity contribution is 5.98. The minimum absolute atomic E-state index is 0.0956. The van der Waals surface area contributed by atoms with Gasteiger partial charge in [-0.3, -0.25) is 9.59 Å². The largest absolute Gasteiger partial charge is 0.573 e. The first-order valence-corrected chi connectivity index (χ1v) is 12.8. The number of carbonyl (C=O) groups excluding carboxylic acids is 2. The number of rotatable bonds is 7. The van der Waals surface area contributed by atoms with E-state index in [-0.39, 0.29) is 29.9 Å². The summed E-state index contributed by atoms with van der Waals surface area (Å²) in [7, 11) is 0. The standard InChI is InChI=1S/C28H26F3N7O3/c1-2-22(39)37-13-3-4-20(15-37)38-26-23(25(32)34-16-35-26)24(36-38)18-7-5-17(6-8-18)14-33-27(40)19-9-11-21(12-10-19)41-28(29,30)31/h2,5-12,16,20H,1,3-4,13-15H2,(H,33,40)(H2,32,34,35). The molecule has 1 atom stereocenters. The molecule has 3 heterocycles. The molecule has 212 valence electrons. The minimum atomic E-state index is -4.80. The number of ether oxygens (including phenoxy) is 1. The first-order chi connectivity index (χ1) is 19.6. The Labute approximate surface area is 232 Å². The van der Waals surface area contributed by atoms with Crippen molar-refractivity contribution < 1.29 is 27.5 Å². The molecule has 13 heteroatoms. The number of benzene rings is 2. The molecule has 0 bridgehead atoms. The zero-order chi connectivity index (χ0) is 29.1. The number of nitrogen functional groups attached to an aromatic ring is 1. The lowest BCUT2D eigenvalue weighted by molar-refractivity contribution is -0.274. The van der Waals surface area contributed by atoms with E-state index in [1.807, 2.05) is 28.9 Å². The number of nitrogens with two attached hydrogens (primary N) is 1. The van der Waals surface area contributed by atoms with Crippen LogP contribution in [0.4, 0.5) is 19.0 Å². The molecule has 1 unspecified atom stereocenters. The molecule has 1 aliphatic rings. The quantitative estimate of drug-likeness (QED) is 0.321. The van der Waals surface area contributed by atoms with Gasteiger partial charge in [0.1, 0.15) is 23.6 Å². The van der Waals surface area contributed by atoms with Crippen LogP contribution in [0.3, 0.4) is 0 Å².